The molecule has 0 aromatic carbocycles. The summed E-state index contributed by atoms with van der Waals surface area (Å²) in [7, 11) is 1.60. The van der Waals surface area contributed by atoms with Gasteiger partial charge in [0, 0.05) is 5.41 Å². The molecule has 0 radical (unpaired) electrons. The van der Waals surface area contributed by atoms with Gasteiger partial charge in [-0.05, 0) is 26.4 Å². The second-order valence-electron chi connectivity index (χ2n) is 6.41. The van der Waals surface area contributed by atoms with E-state index in [2.05, 4.69) is 5.32 Å². The number of hydrogen-bond donors (Lipinski definition) is 2. The summed E-state index contributed by atoms with van der Waals surface area (Å²) in [6, 6.07) is -0.866. The van der Waals surface area contributed by atoms with Crippen molar-refractivity contribution >= 4 is 11.8 Å². The Morgan fingerprint density at radius 1 is 1.05 bits per heavy atom. The van der Waals surface area contributed by atoms with Gasteiger partial charge in [0.2, 0.25) is 0 Å². The van der Waals surface area contributed by atoms with Gasteiger partial charge in [-0.25, -0.2) is 4.79 Å². The van der Waals surface area contributed by atoms with Gasteiger partial charge in [-0.2, -0.15) is 0 Å². The summed E-state index contributed by atoms with van der Waals surface area (Å²) in [5, 5.41) is 2.75. The minimum absolute atomic E-state index is 0.142. The summed E-state index contributed by atoms with van der Waals surface area (Å²) in [5.74, 6) is -0.614. The molecule has 0 aromatic rings. The Labute approximate surface area is 129 Å². The highest BCUT2D eigenvalue weighted by Gasteiger charge is 2.34. The number of hydrogen-bond acceptors (Lipinski definition) is 5. The lowest BCUT2D eigenvalue weighted by Crippen LogP contribution is -2.47. The van der Waals surface area contributed by atoms with Gasteiger partial charge in [-0.3, -0.25) is 4.79 Å². The summed E-state index contributed by atoms with van der Waals surface area (Å²) in [6.07, 6.45) is 6.43. The summed E-state index contributed by atoms with van der Waals surface area (Å²) in [4.78, 5) is 24.0. The maximum absolute atomic E-state index is 12.1. The summed E-state index contributed by atoms with van der Waals surface area (Å²) in [6.45, 7) is 6.53. The van der Waals surface area contributed by atoms with E-state index in [-0.39, 0.29) is 5.78 Å². The van der Waals surface area contributed by atoms with Gasteiger partial charge >= 0.3 is 5.97 Å². The molecular formula is C16H32N2O3. The molecule has 5 nitrogen and oxygen atoms in total. The molecule has 0 heterocycles. The van der Waals surface area contributed by atoms with Crippen LogP contribution >= 0.6 is 0 Å². The number of likely N-dealkylation sites (N-methyl/N-ethyl adjacent to an activating group) is 1. The number of Topliss-reactive ketones (excluding diaryl/α,β-unsaturated/α-hetero) is 1. The number of rotatable bonds is 11. The van der Waals surface area contributed by atoms with Crippen molar-refractivity contribution in [2.75, 3.05) is 20.2 Å². The van der Waals surface area contributed by atoms with E-state index in [0.29, 0.717) is 6.61 Å². The smallest absolute Gasteiger partial charge is 0.330 e. The van der Waals surface area contributed by atoms with Crippen LogP contribution in [-0.2, 0) is 14.3 Å². The van der Waals surface area contributed by atoms with Gasteiger partial charge in [0.05, 0.1) is 6.61 Å². The molecule has 0 unspecified atom stereocenters. The molecule has 0 fully saturated rings. The highest BCUT2D eigenvalue weighted by atomic mass is 16.5. The Bertz CT molecular complexity index is 311. The summed E-state index contributed by atoms with van der Waals surface area (Å²) in [5.41, 5.74) is 4.87. The number of nitrogens with one attached hydrogen (secondary N) is 1. The molecule has 0 aromatic heterocycles. The first-order valence-corrected chi connectivity index (χ1v) is 7.93. The third-order valence-electron chi connectivity index (χ3n) is 3.37. The van der Waals surface area contributed by atoms with Crippen LogP contribution < -0.4 is 11.1 Å². The number of unbranched alkanes of at least 4 members (excludes halogenated alkanes) is 5. The largest absolute Gasteiger partial charge is 0.464 e. The Kier molecular flexibility index (Phi) is 10.3. The molecule has 0 saturated heterocycles. The van der Waals surface area contributed by atoms with E-state index < -0.39 is 17.4 Å². The van der Waals surface area contributed by atoms with E-state index in [9.17, 15) is 9.59 Å². The lowest BCUT2D eigenvalue weighted by molar-refractivity contribution is -0.151. The Balaban J connectivity index is 3.89. The Hall–Kier alpha value is -0.940. The van der Waals surface area contributed by atoms with Gasteiger partial charge < -0.3 is 15.8 Å². The van der Waals surface area contributed by atoms with Crippen molar-refractivity contribution in [2.24, 2.45) is 11.1 Å². The first-order chi connectivity index (χ1) is 9.84. The molecule has 0 amide bonds. The fourth-order valence-corrected chi connectivity index (χ4v) is 2.00. The van der Waals surface area contributed by atoms with Crippen LogP contribution in [-0.4, -0.2) is 38.0 Å². The lowest BCUT2D eigenvalue weighted by Gasteiger charge is -2.22. The van der Waals surface area contributed by atoms with Crippen LogP contribution in [0.5, 0.6) is 0 Å². The van der Waals surface area contributed by atoms with Crippen LogP contribution in [0.15, 0.2) is 0 Å². The van der Waals surface area contributed by atoms with Gasteiger partial charge in [0.15, 0.2) is 11.8 Å². The van der Waals surface area contributed by atoms with Crippen LogP contribution in [0.2, 0.25) is 0 Å². The van der Waals surface area contributed by atoms with E-state index in [4.69, 9.17) is 10.5 Å². The monoisotopic (exact) mass is 300 g/mol. The normalized spacial score (nSPS) is 13.0. The van der Waals surface area contributed by atoms with E-state index in [1.165, 1.54) is 6.42 Å². The number of esters is 1. The van der Waals surface area contributed by atoms with E-state index in [1.807, 2.05) is 0 Å². The van der Waals surface area contributed by atoms with Crippen LogP contribution in [0, 0.1) is 5.41 Å². The minimum atomic E-state index is -0.866. The fourth-order valence-electron chi connectivity index (χ4n) is 2.00. The molecule has 21 heavy (non-hydrogen) atoms. The van der Waals surface area contributed by atoms with Gasteiger partial charge in [-0.1, -0.05) is 46.5 Å². The molecule has 0 aliphatic heterocycles. The average Bonchev–Trinajstić information content (AvgIpc) is 2.41. The van der Waals surface area contributed by atoms with Crippen LogP contribution in [0.4, 0.5) is 0 Å². The minimum Gasteiger partial charge on any atom is -0.464 e. The number of carbonyl (C=O) groups is 2. The van der Waals surface area contributed by atoms with Crippen LogP contribution in [0.1, 0.15) is 59.3 Å². The SMILES string of the molecule is CN[C@H](C(=O)OCCCCCCCCN)C(=O)C(C)(C)C. The van der Waals surface area contributed by atoms with E-state index in [0.717, 1.165) is 38.6 Å². The predicted molar refractivity (Wildman–Crippen MR) is 85.0 cm³/mol. The third kappa shape index (κ3) is 8.83. The molecular weight excluding hydrogens is 268 g/mol. The highest BCUT2D eigenvalue weighted by Crippen LogP contribution is 2.17. The van der Waals surface area contributed by atoms with Gasteiger partial charge in [-0.15, -0.1) is 0 Å². The lowest BCUT2D eigenvalue weighted by atomic mass is 9.86. The first kappa shape index (κ1) is 20.1. The third-order valence-corrected chi connectivity index (χ3v) is 3.37. The predicted octanol–water partition coefficient (Wildman–Crippen LogP) is 2.03. The molecule has 0 bridgehead atoms. The molecule has 1 atom stereocenters. The topological polar surface area (TPSA) is 81.4 Å². The standard InChI is InChI=1S/C16H32N2O3/c1-16(2,3)14(19)13(18-4)15(20)21-12-10-8-6-5-7-9-11-17/h13,18H,5-12,17H2,1-4H3/t13-/m0/s1. The second kappa shape index (κ2) is 10.7. The van der Waals surface area contributed by atoms with Crippen molar-refractivity contribution in [3.8, 4) is 0 Å². The van der Waals surface area contributed by atoms with E-state index in [1.54, 1.807) is 27.8 Å². The maximum atomic E-state index is 12.1. The molecule has 124 valence electrons. The average molecular weight is 300 g/mol. The Morgan fingerprint density at radius 2 is 1.57 bits per heavy atom. The molecule has 0 spiro atoms. The zero-order valence-electron chi connectivity index (χ0n) is 14.0. The molecule has 5 heteroatoms. The van der Waals surface area contributed by atoms with E-state index >= 15 is 0 Å². The summed E-state index contributed by atoms with van der Waals surface area (Å²) >= 11 is 0. The van der Waals surface area contributed by atoms with Gasteiger partial charge in [0.25, 0.3) is 0 Å². The molecule has 0 rings (SSSR count). The van der Waals surface area contributed by atoms with Crippen molar-refractivity contribution in [1.82, 2.24) is 5.32 Å². The number of carbonyl (C=O) groups excluding carboxylic acids is 2. The highest BCUT2D eigenvalue weighted by molar-refractivity contribution is 6.05. The second-order valence-corrected chi connectivity index (χ2v) is 6.41. The molecule has 0 aliphatic rings. The first-order valence-electron chi connectivity index (χ1n) is 7.93. The van der Waals surface area contributed by atoms with Crippen molar-refractivity contribution in [3.63, 3.8) is 0 Å². The van der Waals surface area contributed by atoms with Crippen molar-refractivity contribution in [2.45, 2.75) is 65.3 Å². The quantitative estimate of drug-likeness (QED) is 0.347. The summed E-state index contributed by atoms with van der Waals surface area (Å²) < 4.78 is 5.20. The molecule has 3 N–H and O–H groups in total. The van der Waals surface area contributed by atoms with Crippen LogP contribution in [0.25, 0.3) is 0 Å². The number of ether oxygens (including phenoxy) is 1. The number of ketones is 1. The number of nitrogens with two attached hydrogens (primary N) is 1. The molecule has 0 aliphatic carbocycles. The zero-order chi connectivity index (χ0) is 16.3. The van der Waals surface area contributed by atoms with Crippen molar-refractivity contribution in [3.05, 3.63) is 0 Å². The maximum Gasteiger partial charge on any atom is 0.330 e. The van der Waals surface area contributed by atoms with Crippen molar-refractivity contribution < 1.29 is 14.3 Å². The zero-order valence-corrected chi connectivity index (χ0v) is 14.0. The van der Waals surface area contributed by atoms with Crippen LogP contribution in [0.3, 0.4) is 0 Å². The molecule has 0 saturated carbocycles. The van der Waals surface area contributed by atoms with Crippen molar-refractivity contribution in [1.29, 1.82) is 0 Å². The Morgan fingerprint density at radius 3 is 2.05 bits per heavy atom. The van der Waals surface area contributed by atoms with Gasteiger partial charge in [0.1, 0.15) is 0 Å². The fraction of sp³-hybridized carbons (Fsp3) is 0.875.